The number of carbonyl (C=O) groups excluding carboxylic acids is 3. The van der Waals surface area contributed by atoms with E-state index in [0.717, 1.165) is 42.8 Å². The van der Waals surface area contributed by atoms with Crippen molar-refractivity contribution in [2.45, 2.75) is 95.8 Å². The third-order valence-corrected chi connectivity index (χ3v) is 9.77. The van der Waals surface area contributed by atoms with Crippen LogP contribution in [0.25, 0.3) is 0 Å². The van der Waals surface area contributed by atoms with Gasteiger partial charge in [0, 0.05) is 43.6 Å². The Bertz CT molecular complexity index is 1620. The average Bonchev–Trinajstić information content (AvgIpc) is 3.90. The van der Waals surface area contributed by atoms with Crippen molar-refractivity contribution in [1.29, 1.82) is 0 Å². The molecule has 3 aromatic carbocycles. The molecule has 51 heavy (non-hydrogen) atoms. The first-order chi connectivity index (χ1) is 24.5. The standard InChI is InChI=1S/C40H51N5O6/c1-40(2,3)51-35-24-36(45(26-35)39(48)49-27-28-10-6-5-7-11-28)37(46)43(4)32-22-23-44(25-32)31-18-14-29(15-19-31)41-38(47)42-30-16-20-34(21-17-30)50-33-12-8-9-13-33/h5-7,10-11,14-21,32-33,35-36H,8-9,12-13,22-27H2,1-4H3,(H2,41,42,47)/t32?,35-,36-/m0/s1. The number of rotatable bonds is 10. The number of nitrogens with one attached hydrogen (secondary N) is 2. The van der Waals surface area contributed by atoms with Gasteiger partial charge in [-0.2, -0.15) is 0 Å². The van der Waals surface area contributed by atoms with E-state index in [4.69, 9.17) is 14.2 Å². The van der Waals surface area contributed by atoms with Crippen molar-refractivity contribution in [3.05, 3.63) is 84.4 Å². The van der Waals surface area contributed by atoms with Gasteiger partial charge in [-0.25, -0.2) is 9.59 Å². The van der Waals surface area contributed by atoms with Gasteiger partial charge in [-0.3, -0.25) is 9.69 Å². The summed E-state index contributed by atoms with van der Waals surface area (Å²) < 4.78 is 17.9. The summed E-state index contributed by atoms with van der Waals surface area (Å²) in [6, 6.07) is 23.7. The van der Waals surface area contributed by atoms with E-state index < -0.39 is 17.7 Å². The number of anilines is 3. The van der Waals surface area contributed by atoms with Crippen molar-refractivity contribution >= 4 is 35.1 Å². The smallest absolute Gasteiger partial charge is 0.410 e. The Morgan fingerprint density at radius 2 is 1.47 bits per heavy atom. The highest BCUT2D eigenvalue weighted by Crippen LogP contribution is 2.30. The maximum Gasteiger partial charge on any atom is 0.410 e. The summed E-state index contributed by atoms with van der Waals surface area (Å²) in [6.07, 6.45) is 5.34. The highest BCUT2D eigenvalue weighted by atomic mass is 16.6. The van der Waals surface area contributed by atoms with Crippen molar-refractivity contribution < 1.29 is 28.6 Å². The normalized spacial score (nSPS) is 20.7. The monoisotopic (exact) mass is 697 g/mol. The van der Waals surface area contributed by atoms with E-state index in [1.54, 1.807) is 4.90 Å². The number of likely N-dealkylation sites (N-methyl/N-ethyl adjacent to an activating group) is 1. The minimum atomic E-state index is -0.667. The second kappa shape index (κ2) is 16.1. The van der Waals surface area contributed by atoms with Gasteiger partial charge in [0.2, 0.25) is 5.91 Å². The van der Waals surface area contributed by atoms with Gasteiger partial charge in [-0.05, 0) is 107 Å². The van der Waals surface area contributed by atoms with Gasteiger partial charge >= 0.3 is 12.1 Å². The molecule has 11 nitrogen and oxygen atoms in total. The molecule has 2 N–H and O–H groups in total. The van der Waals surface area contributed by atoms with E-state index in [0.29, 0.717) is 30.9 Å². The van der Waals surface area contributed by atoms with Gasteiger partial charge in [0.25, 0.3) is 0 Å². The summed E-state index contributed by atoms with van der Waals surface area (Å²) in [5.74, 6) is 0.710. The molecule has 0 radical (unpaired) electrons. The number of ether oxygens (including phenoxy) is 3. The first-order valence-electron chi connectivity index (χ1n) is 18.1. The molecular formula is C40H51N5O6. The number of urea groups is 1. The zero-order valence-corrected chi connectivity index (χ0v) is 30.2. The van der Waals surface area contributed by atoms with Crippen molar-refractivity contribution in [3.8, 4) is 5.75 Å². The van der Waals surface area contributed by atoms with Gasteiger partial charge in [0.1, 0.15) is 18.4 Å². The topological polar surface area (TPSA) is 113 Å². The van der Waals surface area contributed by atoms with Crippen LogP contribution in [0.5, 0.6) is 5.75 Å². The number of carbonyl (C=O) groups is 3. The first kappa shape index (κ1) is 36.0. The molecule has 0 bridgehead atoms. The number of nitrogens with zero attached hydrogens (tertiary/aromatic N) is 3. The Morgan fingerprint density at radius 1 is 0.824 bits per heavy atom. The van der Waals surface area contributed by atoms with Crippen LogP contribution in [0.15, 0.2) is 78.9 Å². The minimum absolute atomic E-state index is 0.0270. The van der Waals surface area contributed by atoms with Crippen LogP contribution < -0.4 is 20.3 Å². The predicted molar refractivity (Wildman–Crippen MR) is 198 cm³/mol. The van der Waals surface area contributed by atoms with Gasteiger partial charge in [0.15, 0.2) is 0 Å². The quantitative estimate of drug-likeness (QED) is 0.229. The van der Waals surface area contributed by atoms with E-state index in [2.05, 4.69) is 15.5 Å². The molecule has 3 atom stereocenters. The second-order valence-corrected chi connectivity index (χ2v) is 14.8. The van der Waals surface area contributed by atoms with Gasteiger partial charge < -0.3 is 34.6 Å². The minimum Gasteiger partial charge on any atom is -0.490 e. The summed E-state index contributed by atoms with van der Waals surface area (Å²) in [5, 5.41) is 5.78. The number of hydrogen-bond acceptors (Lipinski definition) is 7. The molecule has 4 amide bonds. The maximum absolute atomic E-state index is 14.0. The van der Waals surface area contributed by atoms with E-state index in [1.807, 2.05) is 107 Å². The fourth-order valence-corrected chi connectivity index (χ4v) is 7.19. The molecule has 2 heterocycles. The molecule has 0 aromatic heterocycles. The maximum atomic E-state index is 14.0. The summed E-state index contributed by atoms with van der Waals surface area (Å²) >= 11 is 0. The van der Waals surface area contributed by atoms with Crippen LogP contribution >= 0.6 is 0 Å². The highest BCUT2D eigenvalue weighted by Gasteiger charge is 2.44. The van der Waals surface area contributed by atoms with E-state index >= 15 is 0 Å². The van der Waals surface area contributed by atoms with Crippen molar-refractivity contribution in [1.82, 2.24) is 9.80 Å². The van der Waals surface area contributed by atoms with Crippen LogP contribution in [0.1, 0.15) is 64.9 Å². The zero-order chi connectivity index (χ0) is 36.0. The molecule has 1 saturated carbocycles. The van der Waals surface area contributed by atoms with Crippen LogP contribution in [-0.2, 0) is 20.9 Å². The molecule has 272 valence electrons. The van der Waals surface area contributed by atoms with Gasteiger partial charge in [0.05, 0.1) is 30.4 Å². The van der Waals surface area contributed by atoms with Crippen molar-refractivity contribution in [2.24, 2.45) is 0 Å². The lowest BCUT2D eigenvalue weighted by molar-refractivity contribution is -0.136. The Kier molecular flexibility index (Phi) is 11.3. The summed E-state index contributed by atoms with van der Waals surface area (Å²) in [4.78, 5) is 45.6. The zero-order valence-electron chi connectivity index (χ0n) is 30.2. The molecule has 0 spiro atoms. The number of likely N-dealkylation sites (tertiary alicyclic amines) is 1. The SMILES string of the molecule is CN(C(=O)[C@@H]1C[C@H](OC(C)(C)C)CN1C(=O)OCc1ccccc1)C1CCN(c2ccc(NC(=O)Nc3ccc(OC4CCCC4)cc3)cc2)C1. The number of benzene rings is 3. The molecule has 1 aliphatic carbocycles. The Hall–Kier alpha value is -4.77. The molecule has 11 heteroatoms. The number of hydrogen-bond donors (Lipinski definition) is 2. The summed E-state index contributed by atoms with van der Waals surface area (Å²) in [5.41, 5.74) is 2.84. The first-order valence-corrected chi connectivity index (χ1v) is 18.1. The van der Waals surface area contributed by atoms with Crippen molar-refractivity contribution in [2.75, 3.05) is 42.2 Å². The Labute approximate surface area is 301 Å². The third-order valence-electron chi connectivity index (χ3n) is 9.77. The number of amides is 4. The lowest BCUT2D eigenvalue weighted by atomic mass is 10.1. The predicted octanol–water partition coefficient (Wildman–Crippen LogP) is 7.28. The van der Waals surface area contributed by atoms with E-state index in [-0.39, 0.29) is 36.8 Å². The van der Waals surface area contributed by atoms with Crippen molar-refractivity contribution in [3.63, 3.8) is 0 Å². The molecule has 3 aromatic rings. The molecule has 2 aliphatic heterocycles. The third kappa shape index (κ3) is 9.72. The fourth-order valence-electron chi connectivity index (χ4n) is 7.19. The van der Waals surface area contributed by atoms with Gasteiger partial charge in [-0.1, -0.05) is 30.3 Å². The van der Waals surface area contributed by atoms with Crippen LogP contribution in [0, 0.1) is 0 Å². The second-order valence-electron chi connectivity index (χ2n) is 14.8. The van der Waals surface area contributed by atoms with Crippen LogP contribution in [0.2, 0.25) is 0 Å². The molecular weight excluding hydrogens is 646 g/mol. The molecule has 3 fully saturated rings. The summed E-state index contributed by atoms with van der Waals surface area (Å²) in [7, 11) is 1.82. The van der Waals surface area contributed by atoms with Gasteiger partial charge in [-0.15, -0.1) is 0 Å². The molecule has 3 aliphatic rings. The fraction of sp³-hybridized carbons (Fsp3) is 0.475. The molecule has 1 unspecified atom stereocenters. The molecule has 6 rings (SSSR count). The Balaban J connectivity index is 1.01. The van der Waals surface area contributed by atoms with Crippen LogP contribution in [0.4, 0.5) is 26.7 Å². The lowest BCUT2D eigenvalue weighted by Crippen LogP contribution is -2.50. The average molecular weight is 698 g/mol. The van der Waals surface area contributed by atoms with Crippen LogP contribution in [-0.4, -0.2) is 84.4 Å². The van der Waals surface area contributed by atoms with E-state index in [9.17, 15) is 14.4 Å². The molecule has 2 saturated heterocycles. The largest absolute Gasteiger partial charge is 0.490 e. The van der Waals surface area contributed by atoms with E-state index in [1.165, 1.54) is 17.7 Å². The lowest BCUT2D eigenvalue weighted by Gasteiger charge is -2.31. The highest BCUT2D eigenvalue weighted by molar-refractivity contribution is 5.99. The Morgan fingerprint density at radius 3 is 2.12 bits per heavy atom. The summed E-state index contributed by atoms with van der Waals surface area (Å²) in [6.45, 7) is 7.80. The van der Waals surface area contributed by atoms with Crippen LogP contribution in [0.3, 0.4) is 0 Å².